The fourth-order valence-electron chi connectivity index (χ4n) is 1.31. The third-order valence-electron chi connectivity index (χ3n) is 2.07. The van der Waals surface area contributed by atoms with Crippen LogP contribution in [0.3, 0.4) is 0 Å². The Labute approximate surface area is 113 Å². The Bertz CT molecular complexity index is 583. The molecule has 3 N–H and O–H groups in total. The van der Waals surface area contributed by atoms with Crippen molar-refractivity contribution < 1.29 is 4.79 Å². The predicted octanol–water partition coefficient (Wildman–Crippen LogP) is 2.62. The van der Waals surface area contributed by atoms with Gasteiger partial charge in [0.2, 0.25) is 0 Å². The number of nitrogens with two attached hydrogens (primary N) is 1. The topological polar surface area (TPSA) is 80.9 Å². The molecule has 0 unspecified atom stereocenters. The summed E-state index contributed by atoms with van der Waals surface area (Å²) in [5.41, 5.74) is 5.79. The summed E-state index contributed by atoms with van der Waals surface area (Å²) in [6.07, 6.45) is 1.52. The van der Waals surface area contributed by atoms with Gasteiger partial charge in [-0.05, 0) is 24.3 Å². The van der Waals surface area contributed by atoms with Gasteiger partial charge in [0.15, 0.2) is 5.82 Å². The number of carbonyl (C=O) groups is 1. The number of anilines is 2. The molecule has 0 aliphatic rings. The third kappa shape index (κ3) is 2.88. The van der Waals surface area contributed by atoms with E-state index in [1.807, 2.05) is 0 Å². The summed E-state index contributed by atoms with van der Waals surface area (Å²) in [5, 5.41) is 3.05. The fourth-order valence-corrected chi connectivity index (χ4v) is 1.69. The highest BCUT2D eigenvalue weighted by Gasteiger charge is 2.11. The van der Waals surface area contributed by atoms with E-state index in [0.29, 0.717) is 5.02 Å². The van der Waals surface area contributed by atoms with Crippen molar-refractivity contribution in [3.8, 4) is 0 Å². The van der Waals surface area contributed by atoms with Gasteiger partial charge in [0.1, 0.15) is 11.0 Å². The van der Waals surface area contributed by atoms with Crippen molar-refractivity contribution in [3.63, 3.8) is 0 Å². The number of rotatable bonds is 2. The second-order valence-corrected chi connectivity index (χ2v) is 4.19. The Morgan fingerprint density at radius 2 is 2.11 bits per heavy atom. The van der Waals surface area contributed by atoms with E-state index in [2.05, 4.69) is 15.3 Å². The molecule has 2 aromatic rings. The standard InChI is InChI=1S/C11H8Cl2N4O/c12-7-2-1-3-15-10(7)17-11(18)6-4-8(13)16-9(14)5-6/h1-5H,(H2,14,16)(H,15,17,18). The van der Waals surface area contributed by atoms with Crippen LogP contribution < -0.4 is 11.1 Å². The molecule has 0 aliphatic carbocycles. The number of nitrogen functional groups attached to an aromatic ring is 1. The second kappa shape index (κ2) is 5.20. The van der Waals surface area contributed by atoms with Crippen LogP contribution in [0.25, 0.3) is 0 Å². The Morgan fingerprint density at radius 1 is 1.33 bits per heavy atom. The van der Waals surface area contributed by atoms with Gasteiger partial charge in [-0.3, -0.25) is 4.79 Å². The number of aromatic nitrogens is 2. The van der Waals surface area contributed by atoms with Crippen molar-refractivity contribution in [1.29, 1.82) is 0 Å². The first-order valence-electron chi connectivity index (χ1n) is 4.91. The fraction of sp³-hybridized carbons (Fsp3) is 0. The number of amides is 1. The molecule has 0 bridgehead atoms. The molecule has 92 valence electrons. The zero-order valence-electron chi connectivity index (χ0n) is 9.02. The highest BCUT2D eigenvalue weighted by atomic mass is 35.5. The molecule has 1 amide bonds. The van der Waals surface area contributed by atoms with Gasteiger partial charge in [0.25, 0.3) is 5.91 Å². The number of hydrogen-bond donors (Lipinski definition) is 2. The molecule has 2 aromatic heterocycles. The number of nitrogens with zero attached hydrogens (tertiary/aromatic N) is 2. The number of halogens is 2. The van der Waals surface area contributed by atoms with E-state index < -0.39 is 5.91 Å². The van der Waals surface area contributed by atoms with Gasteiger partial charge < -0.3 is 11.1 Å². The van der Waals surface area contributed by atoms with Gasteiger partial charge in [-0.1, -0.05) is 23.2 Å². The summed E-state index contributed by atoms with van der Waals surface area (Å²) in [6, 6.07) is 6.11. The van der Waals surface area contributed by atoms with Gasteiger partial charge in [0, 0.05) is 11.8 Å². The second-order valence-electron chi connectivity index (χ2n) is 3.39. The first-order valence-corrected chi connectivity index (χ1v) is 5.67. The Morgan fingerprint density at radius 3 is 2.78 bits per heavy atom. The van der Waals surface area contributed by atoms with Crippen LogP contribution in [0.15, 0.2) is 30.5 Å². The number of hydrogen-bond acceptors (Lipinski definition) is 4. The van der Waals surface area contributed by atoms with E-state index in [1.165, 1.54) is 18.3 Å². The normalized spacial score (nSPS) is 10.1. The van der Waals surface area contributed by atoms with Gasteiger partial charge >= 0.3 is 0 Å². The van der Waals surface area contributed by atoms with E-state index in [9.17, 15) is 4.79 Å². The van der Waals surface area contributed by atoms with Crippen LogP contribution in [0.5, 0.6) is 0 Å². The Balaban J connectivity index is 2.25. The zero-order valence-corrected chi connectivity index (χ0v) is 10.5. The van der Waals surface area contributed by atoms with Crippen LogP contribution in [-0.4, -0.2) is 15.9 Å². The summed E-state index contributed by atoms with van der Waals surface area (Å²) in [5.74, 6) is 0.0297. The first-order chi connectivity index (χ1) is 8.56. The van der Waals surface area contributed by atoms with Crippen molar-refractivity contribution >= 4 is 40.7 Å². The molecule has 2 rings (SSSR count). The molecule has 18 heavy (non-hydrogen) atoms. The maximum Gasteiger partial charge on any atom is 0.257 e. The minimum Gasteiger partial charge on any atom is -0.384 e. The maximum absolute atomic E-state index is 11.9. The molecule has 5 nitrogen and oxygen atoms in total. The SMILES string of the molecule is Nc1cc(C(=O)Nc2ncccc2Cl)cc(Cl)n1. The van der Waals surface area contributed by atoms with Gasteiger partial charge in [-0.25, -0.2) is 9.97 Å². The average molecular weight is 283 g/mol. The molecule has 0 saturated heterocycles. The van der Waals surface area contributed by atoms with Crippen molar-refractivity contribution in [3.05, 3.63) is 46.2 Å². The summed E-state index contributed by atoms with van der Waals surface area (Å²) in [7, 11) is 0. The first kappa shape index (κ1) is 12.6. The van der Waals surface area contributed by atoms with E-state index in [-0.39, 0.29) is 22.4 Å². The molecule has 0 aromatic carbocycles. The zero-order chi connectivity index (χ0) is 13.1. The van der Waals surface area contributed by atoms with Crippen LogP contribution in [-0.2, 0) is 0 Å². The lowest BCUT2D eigenvalue weighted by Gasteiger charge is -2.06. The van der Waals surface area contributed by atoms with Crippen LogP contribution in [0.4, 0.5) is 11.6 Å². The molecule has 7 heteroatoms. The number of nitrogens with one attached hydrogen (secondary N) is 1. The van der Waals surface area contributed by atoms with Crippen molar-refractivity contribution in [1.82, 2.24) is 9.97 Å². The van der Waals surface area contributed by atoms with Gasteiger partial charge in [-0.2, -0.15) is 0 Å². The molecular weight excluding hydrogens is 275 g/mol. The lowest BCUT2D eigenvalue weighted by atomic mass is 10.2. The monoisotopic (exact) mass is 282 g/mol. The molecule has 0 radical (unpaired) electrons. The summed E-state index contributed by atoms with van der Waals surface area (Å²) >= 11 is 11.6. The number of pyridine rings is 2. The van der Waals surface area contributed by atoms with Crippen LogP contribution in [0.2, 0.25) is 10.2 Å². The molecule has 0 aliphatic heterocycles. The highest BCUT2D eigenvalue weighted by molar-refractivity contribution is 6.33. The van der Waals surface area contributed by atoms with Crippen molar-refractivity contribution in [2.45, 2.75) is 0 Å². The van der Waals surface area contributed by atoms with Crippen LogP contribution in [0, 0.1) is 0 Å². The Hall–Kier alpha value is -1.85. The molecular formula is C11H8Cl2N4O. The van der Waals surface area contributed by atoms with Crippen molar-refractivity contribution in [2.24, 2.45) is 0 Å². The number of carbonyl (C=O) groups excluding carboxylic acids is 1. The largest absolute Gasteiger partial charge is 0.384 e. The smallest absolute Gasteiger partial charge is 0.257 e. The summed E-state index contributed by atoms with van der Waals surface area (Å²) in [6.45, 7) is 0. The van der Waals surface area contributed by atoms with E-state index >= 15 is 0 Å². The highest BCUT2D eigenvalue weighted by Crippen LogP contribution is 2.19. The molecule has 0 saturated carbocycles. The van der Waals surface area contributed by atoms with Crippen LogP contribution >= 0.6 is 23.2 Å². The lowest BCUT2D eigenvalue weighted by Crippen LogP contribution is -2.14. The van der Waals surface area contributed by atoms with Crippen LogP contribution in [0.1, 0.15) is 10.4 Å². The third-order valence-corrected chi connectivity index (χ3v) is 2.57. The van der Waals surface area contributed by atoms with Gasteiger partial charge in [0.05, 0.1) is 5.02 Å². The van der Waals surface area contributed by atoms with Gasteiger partial charge in [-0.15, -0.1) is 0 Å². The quantitative estimate of drug-likeness (QED) is 0.830. The summed E-state index contributed by atoms with van der Waals surface area (Å²) in [4.78, 5) is 19.6. The average Bonchev–Trinajstić information content (AvgIpc) is 2.31. The minimum atomic E-state index is -0.411. The van der Waals surface area contributed by atoms with E-state index in [0.717, 1.165) is 0 Å². The molecule has 0 spiro atoms. The predicted molar refractivity (Wildman–Crippen MR) is 70.9 cm³/mol. The van der Waals surface area contributed by atoms with E-state index in [4.69, 9.17) is 28.9 Å². The Kier molecular flexibility index (Phi) is 3.64. The lowest BCUT2D eigenvalue weighted by molar-refractivity contribution is 0.102. The van der Waals surface area contributed by atoms with Crippen molar-refractivity contribution in [2.75, 3.05) is 11.1 Å². The summed E-state index contributed by atoms with van der Waals surface area (Å²) < 4.78 is 0. The molecule has 0 atom stereocenters. The van der Waals surface area contributed by atoms with E-state index in [1.54, 1.807) is 12.1 Å². The maximum atomic E-state index is 11.9. The molecule has 2 heterocycles. The molecule has 0 fully saturated rings. The minimum absolute atomic E-state index is 0.146.